The number of unbranched alkanes of at least 4 members (excludes halogenated alkanes) is 2. The summed E-state index contributed by atoms with van der Waals surface area (Å²) in [5.41, 5.74) is 2.14. The molecule has 0 fully saturated rings. The van der Waals surface area contributed by atoms with Gasteiger partial charge in [0.05, 0.1) is 12.1 Å². The molecule has 0 saturated carbocycles. The molecule has 0 saturated heterocycles. The van der Waals surface area contributed by atoms with E-state index in [0.29, 0.717) is 13.0 Å². The van der Waals surface area contributed by atoms with Crippen LogP contribution in [-0.2, 0) is 11.2 Å². The summed E-state index contributed by atoms with van der Waals surface area (Å²) in [4.78, 5) is 19.2. The fourth-order valence-electron chi connectivity index (χ4n) is 2.98. The predicted octanol–water partition coefficient (Wildman–Crippen LogP) is 4.31. The number of aliphatic carboxylic acids is 1. The van der Waals surface area contributed by atoms with Crippen molar-refractivity contribution in [1.82, 2.24) is 9.97 Å². The van der Waals surface area contributed by atoms with E-state index in [1.165, 1.54) is 5.56 Å². The summed E-state index contributed by atoms with van der Waals surface area (Å²) in [6.07, 6.45) is 5.05. The van der Waals surface area contributed by atoms with Gasteiger partial charge in [0.2, 0.25) is 0 Å². The molecule has 146 valence electrons. The van der Waals surface area contributed by atoms with E-state index in [1.807, 2.05) is 36.4 Å². The summed E-state index contributed by atoms with van der Waals surface area (Å²) < 4.78 is 5.82. The van der Waals surface area contributed by atoms with Crippen molar-refractivity contribution in [3.05, 3.63) is 60.4 Å². The summed E-state index contributed by atoms with van der Waals surface area (Å²) in [6.45, 7) is 1.35. The highest BCUT2D eigenvalue weighted by Crippen LogP contribution is 2.24. The largest absolute Gasteiger partial charge is 0.494 e. The molecular weight excluding hydrogens is 354 g/mol. The first-order valence-corrected chi connectivity index (χ1v) is 9.59. The average Bonchev–Trinajstić information content (AvgIpc) is 2.71. The van der Waals surface area contributed by atoms with Crippen LogP contribution < -0.4 is 10.1 Å². The normalized spacial score (nSPS) is 10.7. The first kappa shape index (κ1) is 19.6. The molecule has 6 nitrogen and oxygen atoms in total. The third-order valence-electron chi connectivity index (χ3n) is 4.46. The number of benzene rings is 2. The van der Waals surface area contributed by atoms with Crippen molar-refractivity contribution in [3.8, 4) is 5.75 Å². The van der Waals surface area contributed by atoms with Crippen LogP contribution in [0.2, 0.25) is 0 Å². The highest BCUT2D eigenvalue weighted by molar-refractivity contribution is 5.89. The first-order chi connectivity index (χ1) is 13.7. The van der Waals surface area contributed by atoms with Gasteiger partial charge in [0, 0.05) is 18.4 Å². The van der Waals surface area contributed by atoms with E-state index in [4.69, 9.17) is 9.84 Å². The second-order valence-corrected chi connectivity index (χ2v) is 6.62. The van der Waals surface area contributed by atoms with Crippen molar-refractivity contribution < 1.29 is 14.6 Å². The maximum atomic E-state index is 10.5. The summed E-state index contributed by atoms with van der Waals surface area (Å²) in [5, 5.41) is 13.0. The number of aromatic nitrogens is 2. The highest BCUT2D eigenvalue weighted by Gasteiger charge is 2.06. The minimum atomic E-state index is -0.747. The van der Waals surface area contributed by atoms with Crippen LogP contribution in [-0.4, -0.2) is 34.2 Å². The summed E-state index contributed by atoms with van der Waals surface area (Å²) in [6, 6.07) is 16.1. The van der Waals surface area contributed by atoms with Gasteiger partial charge in [-0.25, -0.2) is 9.97 Å². The minimum absolute atomic E-state index is 0.214. The van der Waals surface area contributed by atoms with Crippen LogP contribution in [0.1, 0.15) is 31.2 Å². The standard InChI is InChI=1S/C22H25N3O3/c26-21(27)9-5-2-6-14-28-18-10-11-20-19(15-18)22(25-16-24-20)23-13-12-17-7-3-1-4-8-17/h1,3-4,7-8,10-11,15-16H,2,5-6,9,12-14H2,(H,26,27)(H,23,24,25). The molecule has 6 heteroatoms. The molecule has 0 aliphatic heterocycles. The quantitative estimate of drug-likeness (QED) is 0.483. The van der Waals surface area contributed by atoms with E-state index in [2.05, 4.69) is 27.4 Å². The summed E-state index contributed by atoms with van der Waals surface area (Å²) in [7, 11) is 0. The monoisotopic (exact) mass is 379 g/mol. The molecule has 0 radical (unpaired) electrons. The molecule has 0 amide bonds. The van der Waals surface area contributed by atoms with Gasteiger partial charge in [0.25, 0.3) is 0 Å². The number of carboxylic acid groups (broad SMARTS) is 1. The minimum Gasteiger partial charge on any atom is -0.494 e. The summed E-state index contributed by atoms with van der Waals surface area (Å²) in [5.74, 6) is 0.822. The zero-order valence-electron chi connectivity index (χ0n) is 15.8. The van der Waals surface area contributed by atoms with Gasteiger partial charge in [-0.2, -0.15) is 0 Å². The van der Waals surface area contributed by atoms with Crippen LogP contribution in [0.4, 0.5) is 5.82 Å². The Morgan fingerprint density at radius 2 is 1.89 bits per heavy atom. The first-order valence-electron chi connectivity index (χ1n) is 9.59. The molecule has 0 bridgehead atoms. The van der Waals surface area contributed by atoms with Gasteiger partial charge in [-0.05, 0) is 49.4 Å². The molecule has 1 aromatic heterocycles. The number of anilines is 1. The molecule has 1 heterocycles. The number of ether oxygens (including phenoxy) is 1. The van der Waals surface area contributed by atoms with Gasteiger partial charge in [-0.1, -0.05) is 30.3 Å². The SMILES string of the molecule is O=C(O)CCCCCOc1ccc2ncnc(NCCc3ccccc3)c2c1. The van der Waals surface area contributed by atoms with Crippen molar-refractivity contribution in [2.24, 2.45) is 0 Å². The number of nitrogens with one attached hydrogen (secondary N) is 1. The van der Waals surface area contributed by atoms with Crippen molar-refractivity contribution >= 4 is 22.7 Å². The lowest BCUT2D eigenvalue weighted by Crippen LogP contribution is -2.07. The Morgan fingerprint density at radius 3 is 2.71 bits per heavy atom. The van der Waals surface area contributed by atoms with Gasteiger partial charge >= 0.3 is 5.97 Å². The van der Waals surface area contributed by atoms with Crippen molar-refractivity contribution in [1.29, 1.82) is 0 Å². The maximum absolute atomic E-state index is 10.5. The van der Waals surface area contributed by atoms with E-state index in [-0.39, 0.29) is 6.42 Å². The topological polar surface area (TPSA) is 84.3 Å². The lowest BCUT2D eigenvalue weighted by molar-refractivity contribution is -0.137. The zero-order valence-corrected chi connectivity index (χ0v) is 15.8. The van der Waals surface area contributed by atoms with Crippen LogP contribution in [0, 0.1) is 0 Å². The van der Waals surface area contributed by atoms with Crippen LogP contribution in [0.25, 0.3) is 10.9 Å². The Labute approximate surface area is 164 Å². The van der Waals surface area contributed by atoms with E-state index in [1.54, 1.807) is 6.33 Å². The third-order valence-corrected chi connectivity index (χ3v) is 4.46. The Bertz CT molecular complexity index is 900. The van der Waals surface area contributed by atoms with E-state index >= 15 is 0 Å². The Morgan fingerprint density at radius 1 is 1.04 bits per heavy atom. The summed E-state index contributed by atoms with van der Waals surface area (Å²) >= 11 is 0. The maximum Gasteiger partial charge on any atom is 0.303 e. The molecule has 0 spiro atoms. The van der Waals surface area contributed by atoms with Gasteiger partial charge in [0.1, 0.15) is 17.9 Å². The van der Waals surface area contributed by atoms with Crippen molar-refractivity contribution in [3.63, 3.8) is 0 Å². The van der Waals surface area contributed by atoms with Gasteiger partial charge < -0.3 is 15.2 Å². The molecular formula is C22H25N3O3. The third kappa shape index (κ3) is 5.94. The van der Waals surface area contributed by atoms with E-state index < -0.39 is 5.97 Å². The Kier molecular flexibility index (Phi) is 7.18. The number of nitrogens with zero attached hydrogens (tertiary/aromatic N) is 2. The van der Waals surface area contributed by atoms with Crippen molar-refractivity contribution in [2.45, 2.75) is 32.1 Å². The number of hydrogen-bond donors (Lipinski definition) is 2. The van der Waals surface area contributed by atoms with Crippen LogP contribution in [0.5, 0.6) is 5.75 Å². The molecule has 0 unspecified atom stereocenters. The molecule has 3 aromatic rings. The number of hydrogen-bond acceptors (Lipinski definition) is 5. The zero-order chi connectivity index (χ0) is 19.6. The second-order valence-electron chi connectivity index (χ2n) is 6.62. The van der Waals surface area contributed by atoms with Gasteiger partial charge in [-0.15, -0.1) is 0 Å². The molecule has 2 N–H and O–H groups in total. The Balaban J connectivity index is 1.56. The van der Waals surface area contributed by atoms with Gasteiger partial charge in [0.15, 0.2) is 0 Å². The van der Waals surface area contributed by atoms with Crippen LogP contribution >= 0.6 is 0 Å². The lowest BCUT2D eigenvalue weighted by atomic mass is 10.1. The smallest absolute Gasteiger partial charge is 0.303 e. The predicted molar refractivity (Wildman–Crippen MR) is 110 cm³/mol. The molecule has 0 aliphatic rings. The number of fused-ring (bicyclic) bond motifs is 1. The molecule has 28 heavy (non-hydrogen) atoms. The van der Waals surface area contributed by atoms with Crippen molar-refractivity contribution in [2.75, 3.05) is 18.5 Å². The lowest BCUT2D eigenvalue weighted by Gasteiger charge is -2.11. The average molecular weight is 379 g/mol. The fourth-order valence-corrected chi connectivity index (χ4v) is 2.98. The number of carboxylic acids is 1. The molecule has 0 aliphatic carbocycles. The van der Waals surface area contributed by atoms with Crippen LogP contribution in [0.3, 0.4) is 0 Å². The van der Waals surface area contributed by atoms with Gasteiger partial charge in [-0.3, -0.25) is 4.79 Å². The molecule has 3 rings (SSSR count). The number of carbonyl (C=O) groups is 1. The molecule has 0 atom stereocenters. The van der Waals surface area contributed by atoms with E-state index in [9.17, 15) is 4.79 Å². The fraction of sp³-hybridized carbons (Fsp3) is 0.318. The second kappa shape index (κ2) is 10.3. The number of rotatable bonds is 11. The Hall–Kier alpha value is -3.15. The van der Waals surface area contributed by atoms with Crippen LogP contribution in [0.15, 0.2) is 54.9 Å². The molecule has 2 aromatic carbocycles. The highest BCUT2D eigenvalue weighted by atomic mass is 16.5. The van der Waals surface area contributed by atoms with E-state index in [0.717, 1.165) is 48.3 Å².